The van der Waals surface area contributed by atoms with Gasteiger partial charge in [0, 0.05) is 56.8 Å². The molecule has 0 aliphatic carbocycles. The summed E-state index contributed by atoms with van der Waals surface area (Å²) in [7, 11) is 1.95. The zero-order valence-corrected chi connectivity index (χ0v) is 13.1. The highest BCUT2D eigenvalue weighted by atomic mass is 16.5. The van der Waals surface area contributed by atoms with E-state index in [1.54, 1.807) is 6.08 Å². The van der Waals surface area contributed by atoms with Crippen LogP contribution in [0.3, 0.4) is 0 Å². The standard InChI is InChI=1S/C16H23N5O/c1-3-6-22-13-15-10-20(9-14-7-18-19(2)8-14)12-16-17-4-5-21(16)11-15/h3-5,7-8,15H,1,6,9-13H2,2H3/t15-/m0/s1. The van der Waals surface area contributed by atoms with Crippen LogP contribution in [0.4, 0.5) is 0 Å². The van der Waals surface area contributed by atoms with E-state index >= 15 is 0 Å². The molecule has 0 aromatic carbocycles. The van der Waals surface area contributed by atoms with Crippen molar-refractivity contribution in [2.45, 2.75) is 19.6 Å². The summed E-state index contributed by atoms with van der Waals surface area (Å²) in [6.07, 6.45) is 9.74. The number of aryl methyl sites for hydroxylation is 1. The van der Waals surface area contributed by atoms with E-state index in [9.17, 15) is 0 Å². The molecule has 6 heteroatoms. The van der Waals surface area contributed by atoms with Gasteiger partial charge in [-0.2, -0.15) is 5.10 Å². The van der Waals surface area contributed by atoms with Gasteiger partial charge in [-0.05, 0) is 0 Å². The number of fused-ring (bicyclic) bond motifs is 1. The molecule has 0 fully saturated rings. The fourth-order valence-electron chi connectivity index (χ4n) is 2.98. The van der Waals surface area contributed by atoms with Crippen molar-refractivity contribution < 1.29 is 4.74 Å². The summed E-state index contributed by atoms with van der Waals surface area (Å²) in [5.74, 6) is 1.57. The van der Waals surface area contributed by atoms with Gasteiger partial charge in [0.15, 0.2) is 0 Å². The minimum Gasteiger partial charge on any atom is -0.377 e. The Hall–Kier alpha value is -1.92. The summed E-state index contributed by atoms with van der Waals surface area (Å²) in [5.41, 5.74) is 1.23. The van der Waals surface area contributed by atoms with Crippen molar-refractivity contribution >= 4 is 0 Å². The van der Waals surface area contributed by atoms with Gasteiger partial charge in [-0.25, -0.2) is 4.98 Å². The lowest BCUT2D eigenvalue weighted by molar-refractivity contribution is 0.0943. The van der Waals surface area contributed by atoms with Crippen LogP contribution >= 0.6 is 0 Å². The minimum absolute atomic E-state index is 0.451. The Bertz CT molecular complexity index is 618. The fourth-order valence-corrected chi connectivity index (χ4v) is 2.98. The lowest BCUT2D eigenvalue weighted by Crippen LogP contribution is -2.30. The average molecular weight is 301 g/mol. The highest BCUT2D eigenvalue weighted by Gasteiger charge is 2.22. The molecule has 0 unspecified atom stereocenters. The molecule has 0 spiro atoms. The third-order valence-corrected chi connectivity index (χ3v) is 3.89. The van der Waals surface area contributed by atoms with Crippen molar-refractivity contribution in [1.29, 1.82) is 0 Å². The first kappa shape index (κ1) is 15.0. The normalized spacial score (nSPS) is 18.9. The van der Waals surface area contributed by atoms with Gasteiger partial charge < -0.3 is 9.30 Å². The van der Waals surface area contributed by atoms with Crippen LogP contribution in [0.5, 0.6) is 0 Å². The first-order valence-electron chi connectivity index (χ1n) is 7.63. The molecular formula is C16H23N5O. The Kier molecular flexibility index (Phi) is 4.70. The Labute approximate surface area is 131 Å². The summed E-state index contributed by atoms with van der Waals surface area (Å²) in [6.45, 7) is 8.75. The molecule has 0 bridgehead atoms. The van der Waals surface area contributed by atoms with E-state index in [4.69, 9.17) is 4.74 Å². The van der Waals surface area contributed by atoms with Crippen LogP contribution in [-0.4, -0.2) is 44.0 Å². The number of ether oxygens (including phenoxy) is 1. The number of imidazole rings is 1. The maximum atomic E-state index is 5.68. The smallest absolute Gasteiger partial charge is 0.122 e. The predicted octanol–water partition coefficient (Wildman–Crippen LogP) is 1.45. The molecule has 0 saturated heterocycles. The third-order valence-electron chi connectivity index (χ3n) is 3.89. The number of nitrogens with zero attached hydrogens (tertiary/aromatic N) is 5. The summed E-state index contributed by atoms with van der Waals surface area (Å²) in [4.78, 5) is 6.91. The van der Waals surface area contributed by atoms with E-state index in [1.165, 1.54) is 5.56 Å². The highest BCUT2D eigenvalue weighted by molar-refractivity contribution is 5.05. The molecule has 6 nitrogen and oxygen atoms in total. The lowest BCUT2D eigenvalue weighted by Gasteiger charge is -2.23. The van der Waals surface area contributed by atoms with Gasteiger partial charge in [0.1, 0.15) is 5.82 Å². The summed E-state index contributed by atoms with van der Waals surface area (Å²) < 4.78 is 9.76. The summed E-state index contributed by atoms with van der Waals surface area (Å²) in [6, 6.07) is 0. The molecule has 1 aliphatic heterocycles. The molecule has 0 saturated carbocycles. The van der Waals surface area contributed by atoms with E-state index < -0.39 is 0 Å². The van der Waals surface area contributed by atoms with Crippen molar-refractivity contribution in [2.75, 3.05) is 19.8 Å². The van der Waals surface area contributed by atoms with Crippen molar-refractivity contribution in [3.8, 4) is 0 Å². The number of rotatable bonds is 6. The number of aromatic nitrogens is 4. The van der Waals surface area contributed by atoms with Crippen molar-refractivity contribution in [1.82, 2.24) is 24.2 Å². The van der Waals surface area contributed by atoms with Gasteiger partial charge in [-0.15, -0.1) is 6.58 Å². The SMILES string of the molecule is C=CCOC[C@H]1CN(Cc2cnn(C)c2)Cc2nccn2C1. The van der Waals surface area contributed by atoms with E-state index in [2.05, 4.69) is 38.5 Å². The quantitative estimate of drug-likeness (QED) is 0.598. The van der Waals surface area contributed by atoms with E-state index in [1.807, 2.05) is 24.1 Å². The fraction of sp³-hybridized carbons (Fsp3) is 0.500. The Morgan fingerprint density at radius 3 is 3.14 bits per heavy atom. The van der Waals surface area contributed by atoms with Gasteiger partial charge in [0.25, 0.3) is 0 Å². The van der Waals surface area contributed by atoms with Crippen LogP contribution in [0.2, 0.25) is 0 Å². The molecule has 1 atom stereocenters. The molecule has 2 aromatic heterocycles. The van der Waals surface area contributed by atoms with Gasteiger partial charge in [0.2, 0.25) is 0 Å². The van der Waals surface area contributed by atoms with E-state index in [0.717, 1.165) is 38.6 Å². The van der Waals surface area contributed by atoms with Crippen molar-refractivity contribution in [2.24, 2.45) is 13.0 Å². The largest absolute Gasteiger partial charge is 0.377 e. The highest BCUT2D eigenvalue weighted by Crippen LogP contribution is 2.18. The summed E-state index contributed by atoms with van der Waals surface area (Å²) >= 11 is 0. The lowest BCUT2D eigenvalue weighted by atomic mass is 10.1. The van der Waals surface area contributed by atoms with E-state index in [-0.39, 0.29) is 0 Å². The van der Waals surface area contributed by atoms with Crippen LogP contribution in [0.25, 0.3) is 0 Å². The summed E-state index contributed by atoms with van der Waals surface area (Å²) in [5, 5.41) is 4.25. The third kappa shape index (κ3) is 3.64. The Morgan fingerprint density at radius 2 is 2.36 bits per heavy atom. The van der Waals surface area contributed by atoms with Gasteiger partial charge in [-0.1, -0.05) is 6.08 Å². The predicted molar refractivity (Wildman–Crippen MR) is 84.1 cm³/mol. The second kappa shape index (κ2) is 6.89. The van der Waals surface area contributed by atoms with Gasteiger partial charge in [0.05, 0.1) is 26.0 Å². The topological polar surface area (TPSA) is 48.1 Å². The number of hydrogen-bond donors (Lipinski definition) is 0. The van der Waals surface area contributed by atoms with Crippen LogP contribution in [-0.2, 0) is 31.4 Å². The minimum atomic E-state index is 0.451. The molecule has 0 radical (unpaired) electrons. The second-order valence-electron chi connectivity index (χ2n) is 5.88. The monoisotopic (exact) mass is 301 g/mol. The molecule has 1 aliphatic rings. The van der Waals surface area contributed by atoms with Crippen LogP contribution in [0.15, 0.2) is 37.4 Å². The van der Waals surface area contributed by atoms with Crippen molar-refractivity contribution in [3.05, 3.63) is 48.8 Å². The van der Waals surface area contributed by atoms with Crippen LogP contribution in [0, 0.1) is 5.92 Å². The molecule has 3 heterocycles. The molecule has 22 heavy (non-hydrogen) atoms. The van der Waals surface area contributed by atoms with Crippen LogP contribution < -0.4 is 0 Å². The maximum Gasteiger partial charge on any atom is 0.122 e. The Balaban J connectivity index is 1.70. The Morgan fingerprint density at radius 1 is 1.45 bits per heavy atom. The molecule has 118 valence electrons. The molecule has 2 aromatic rings. The van der Waals surface area contributed by atoms with Gasteiger partial charge in [-0.3, -0.25) is 9.58 Å². The molecule has 0 N–H and O–H groups in total. The van der Waals surface area contributed by atoms with Crippen LogP contribution in [0.1, 0.15) is 11.4 Å². The van der Waals surface area contributed by atoms with Crippen molar-refractivity contribution in [3.63, 3.8) is 0 Å². The second-order valence-corrected chi connectivity index (χ2v) is 5.88. The zero-order chi connectivity index (χ0) is 15.4. The molecular weight excluding hydrogens is 278 g/mol. The average Bonchev–Trinajstić information content (AvgIpc) is 3.05. The van der Waals surface area contributed by atoms with Gasteiger partial charge >= 0.3 is 0 Å². The molecule has 0 amide bonds. The first-order chi connectivity index (χ1) is 10.7. The molecule has 3 rings (SSSR count). The maximum absolute atomic E-state index is 5.68. The van der Waals surface area contributed by atoms with E-state index in [0.29, 0.717) is 12.5 Å². The number of hydrogen-bond acceptors (Lipinski definition) is 4. The zero-order valence-electron chi connectivity index (χ0n) is 13.1. The first-order valence-corrected chi connectivity index (χ1v) is 7.63.